The van der Waals surface area contributed by atoms with Gasteiger partial charge in [0, 0.05) is 9.11 Å². The van der Waals surface area contributed by atoms with E-state index in [1.54, 1.807) is 0 Å². The molecule has 0 saturated heterocycles. The van der Waals surface area contributed by atoms with Gasteiger partial charge in [0.25, 0.3) is 0 Å². The molecule has 0 aliphatic carbocycles. The normalized spacial score (nSPS) is 12.1. The minimum Gasteiger partial charge on any atom is -0.444 e. The van der Waals surface area contributed by atoms with E-state index in [9.17, 15) is 4.79 Å². The third-order valence-corrected chi connectivity index (χ3v) is 3.12. The van der Waals surface area contributed by atoms with E-state index in [1.165, 1.54) is 9.13 Å². The van der Waals surface area contributed by atoms with Crippen LogP contribution in [0.4, 0.5) is 4.79 Å². The van der Waals surface area contributed by atoms with Crippen LogP contribution in [0.25, 0.3) is 0 Å². The largest absolute Gasteiger partial charge is 0.444 e. The molecule has 0 saturated carbocycles. The molecule has 1 rings (SSSR count). The molecule has 19 heavy (non-hydrogen) atoms. The molecule has 1 N–H and O–H groups in total. The maximum absolute atomic E-state index is 11.8. The topological polar surface area (TPSA) is 38.3 Å². The molecule has 0 aromatic heterocycles. The van der Waals surface area contributed by atoms with Crippen molar-refractivity contribution in [3.8, 4) is 0 Å². The number of alkyl carbamates (subject to hydrolysis) is 1. The Morgan fingerprint density at radius 1 is 1.16 bits per heavy atom. The van der Waals surface area contributed by atoms with Gasteiger partial charge in [0.05, 0.1) is 0 Å². The lowest BCUT2D eigenvalue weighted by molar-refractivity contribution is 0.0472. The Bertz CT molecular complexity index is 432. The van der Waals surface area contributed by atoms with E-state index in [1.807, 2.05) is 34.6 Å². The Hall–Kier alpha value is -0.780. The summed E-state index contributed by atoms with van der Waals surface area (Å²) in [6, 6.07) is 8.31. The molecular weight excluding hydrogens is 353 g/mol. The van der Waals surface area contributed by atoms with Crippen LogP contribution in [0.15, 0.2) is 24.3 Å². The maximum atomic E-state index is 11.8. The van der Waals surface area contributed by atoms with Gasteiger partial charge in [-0.05, 0) is 81.3 Å². The van der Waals surface area contributed by atoms with Crippen molar-refractivity contribution in [3.05, 3.63) is 33.4 Å². The van der Waals surface area contributed by atoms with Gasteiger partial charge in [-0.15, -0.1) is 0 Å². The van der Waals surface area contributed by atoms with Crippen LogP contribution in [0.1, 0.15) is 40.2 Å². The number of benzene rings is 1. The maximum Gasteiger partial charge on any atom is 0.408 e. The second-order valence-corrected chi connectivity index (χ2v) is 7.56. The minimum atomic E-state index is -0.469. The molecule has 1 aromatic carbocycles. The first-order chi connectivity index (χ1) is 8.57. The molecule has 106 valence electrons. The first-order valence-electron chi connectivity index (χ1n) is 6.33. The summed E-state index contributed by atoms with van der Waals surface area (Å²) in [4.78, 5) is 11.8. The quantitative estimate of drug-likeness (QED) is 0.807. The molecule has 0 bridgehead atoms. The average Bonchev–Trinajstić information content (AvgIpc) is 2.17. The van der Waals surface area contributed by atoms with Gasteiger partial charge in [-0.3, -0.25) is 0 Å². The van der Waals surface area contributed by atoms with Gasteiger partial charge in [0.15, 0.2) is 0 Å². The molecule has 0 aliphatic rings. The summed E-state index contributed by atoms with van der Waals surface area (Å²) in [5.41, 5.74) is 0.388. The molecule has 1 aromatic rings. The fourth-order valence-electron chi connectivity index (χ4n) is 1.74. The van der Waals surface area contributed by atoms with E-state index >= 15 is 0 Å². The van der Waals surface area contributed by atoms with Crippen molar-refractivity contribution in [3.63, 3.8) is 0 Å². The third-order valence-electron chi connectivity index (χ3n) is 2.40. The summed E-state index contributed by atoms with van der Waals surface area (Å²) in [5.74, 6) is 0. The zero-order valence-corrected chi connectivity index (χ0v) is 14.4. The van der Waals surface area contributed by atoms with Gasteiger partial charge in [-0.2, -0.15) is 0 Å². The predicted molar refractivity (Wildman–Crippen MR) is 86.3 cm³/mol. The molecule has 0 aliphatic heterocycles. The van der Waals surface area contributed by atoms with Crippen LogP contribution in [0.3, 0.4) is 0 Å². The van der Waals surface area contributed by atoms with Crippen LogP contribution in [0.2, 0.25) is 0 Å². The second-order valence-electron chi connectivity index (χ2n) is 6.31. The molecule has 4 heteroatoms. The summed E-state index contributed by atoms with van der Waals surface area (Å²) in [6.07, 6.45) is 0.395. The molecule has 1 amide bonds. The summed E-state index contributed by atoms with van der Waals surface area (Å²) in [7, 11) is 0. The van der Waals surface area contributed by atoms with Gasteiger partial charge in [-0.1, -0.05) is 12.1 Å². The van der Waals surface area contributed by atoms with Crippen molar-refractivity contribution < 1.29 is 9.53 Å². The molecule has 3 nitrogen and oxygen atoms in total. The zero-order chi connectivity index (χ0) is 14.7. The zero-order valence-electron chi connectivity index (χ0n) is 12.2. The Labute approximate surface area is 129 Å². The van der Waals surface area contributed by atoms with Crippen molar-refractivity contribution in [2.45, 2.75) is 52.2 Å². The number of hydrogen-bond acceptors (Lipinski definition) is 2. The molecule has 0 unspecified atom stereocenters. The third kappa shape index (κ3) is 6.80. The highest BCUT2D eigenvalue weighted by Gasteiger charge is 2.24. The van der Waals surface area contributed by atoms with Crippen molar-refractivity contribution >= 4 is 28.7 Å². The smallest absolute Gasteiger partial charge is 0.408 e. The number of hydrogen-bond donors (Lipinski definition) is 1. The van der Waals surface area contributed by atoms with Gasteiger partial charge >= 0.3 is 6.09 Å². The Morgan fingerprint density at radius 2 is 1.68 bits per heavy atom. The van der Waals surface area contributed by atoms with E-state index in [0.717, 1.165) is 6.42 Å². The summed E-state index contributed by atoms with van der Waals surface area (Å²) in [5, 5.41) is 2.91. The monoisotopic (exact) mass is 375 g/mol. The first kappa shape index (κ1) is 16.3. The molecule has 0 fully saturated rings. The highest BCUT2D eigenvalue weighted by molar-refractivity contribution is 14.1. The van der Waals surface area contributed by atoms with Crippen LogP contribution in [-0.4, -0.2) is 17.2 Å². The second kappa shape index (κ2) is 6.11. The number of nitrogens with one attached hydrogen (secondary N) is 1. The van der Waals surface area contributed by atoms with Crippen molar-refractivity contribution in [1.82, 2.24) is 5.32 Å². The van der Waals surface area contributed by atoms with E-state index in [0.29, 0.717) is 0 Å². The number of halogens is 1. The SMILES string of the molecule is CC(C)(Cc1ccc(I)cc1)NC(=O)OC(C)(C)C. The van der Waals surface area contributed by atoms with Crippen LogP contribution in [-0.2, 0) is 11.2 Å². The molecule has 0 atom stereocenters. The number of carbonyl (C=O) groups excluding carboxylic acids is 1. The molecule has 0 heterocycles. The number of carbonyl (C=O) groups is 1. The van der Waals surface area contributed by atoms with E-state index in [4.69, 9.17) is 4.74 Å². The van der Waals surface area contributed by atoms with E-state index in [2.05, 4.69) is 52.2 Å². The van der Waals surface area contributed by atoms with Crippen molar-refractivity contribution in [2.75, 3.05) is 0 Å². The highest BCUT2D eigenvalue weighted by Crippen LogP contribution is 2.16. The minimum absolute atomic E-state index is 0.338. The molecule has 0 radical (unpaired) electrons. The van der Waals surface area contributed by atoms with E-state index < -0.39 is 5.60 Å². The lowest BCUT2D eigenvalue weighted by Crippen LogP contribution is -2.47. The Morgan fingerprint density at radius 3 is 2.16 bits per heavy atom. The predicted octanol–water partition coefficient (Wildman–Crippen LogP) is 4.14. The van der Waals surface area contributed by atoms with Crippen LogP contribution in [0.5, 0.6) is 0 Å². The van der Waals surface area contributed by atoms with Crippen molar-refractivity contribution in [2.24, 2.45) is 0 Å². The summed E-state index contributed by atoms with van der Waals surface area (Å²) >= 11 is 2.28. The average molecular weight is 375 g/mol. The lowest BCUT2D eigenvalue weighted by Gasteiger charge is -2.28. The van der Waals surface area contributed by atoms with Gasteiger partial charge < -0.3 is 10.1 Å². The lowest BCUT2D eigenvalue weighted by atomic mass is 9.95. The van der Waals surface area contributed by atoms with Crippen LogP contribution in [0, 0.1) is 3.57 Å². The molecule has 0 spiro atoms. The highest BCUT2D eigenvalue weighted by atomic mass is 127. The van der Waals surface area contributed by atoms with Crippen LogP contribution >= 0.6 is 22.6 Å². The number of ether oxygens (including phenoxy) is 1. The molecular formula is C15H22INO2. The van der Waals surface area contributed by atoms with Crippen LogP contribution < -0.4 is 5.32 Å². The van der Waals surface area contributed by atoms with Crippen molar-refractivity contribution in [1.29, 1.82) is 0 Å². The van der Waals surface area contributed by atoms with Gasteiger partial charge in [-0.25, -0.2) is 4.79 Å². The summed E-state index contributed by atoms with van der Waals surface area (Å²) < 4.78 is 6.49. The number of amides is 1. The standard InChI is InChI=1S/C15H22INO2/c1-14(2,3)19-13(18)17-15(4,5)10-11-6-8-12(16)9-7-11/h6-9H,10H2,1-5H3,(H,17,18). The van der Waals surface area contributed by atoms with Gasteiger partial charge in [0.1, 0.15) is 5.60 Å². The first-order valence-corrected chi connectivity index (χ1v) is 7.41. The number of rotatable bonds is 3. The van der Waals surface area contributed by atoms with E-state index in [-0.39, 0.29) is 11.6 Å². The Balaban J connectivity index is 2.61. The van der Waals surface area contributed by atoms with Gasteiger partial charge in [0.2, 0.25) is 0 Å². The summed E-state index contributed by atoms with van der Waals surface area (Å²) in [6.45, 7) is 9.57. The Kier molecular flexibility index (Phi) is 5.24. The fourth-order valence-corrected chi connectivity index (χ4v) is 2.10. The fraction of sp³-hybridized carbons (Fsp3) is 0.533.